The third kappa shape index (κ3) is 2.57. The van der Waals surface area contributed by atoms with E-state index in [1.165, 1.54) is 5.52 Å². The van der Waals surface area contributed by atoms with E-state index in [1.807, 2.05) is 13.1 Å². The van der Waals surface area contributed by atoms with Crippen LogP contribution in [0, 0.1) is 0 Å². The first-order valence-corrected chi connectivity index (χ1v) is 6.81. The summed E-state index contributed by atoms with van der Waals surface area (Å²) in [7, 11) is 1.92. The van der Waals surface area contributed by atoms with E-state index in [1.54, 1.807) is 0 Å². The number of nitrogens with zero attached hydrogens (tertiary/aromatic N) is 3. The maximum atomic E-state index is 5.38. The number of hydrogen-bond acceptors (Lipinski definition) is 4. The molecule has 1 aromatic carbocycles. The van der Waals surface area contributed by atoms with Gasteiger partial charge in [-0.1, -0.05) is 12.1 Å². The average molecular weight is 260 g/mol. The van der Waals surface area contributed by atoms with Crippen LogP contribution in [0.25, 0.3) is 11.0 Å². The number of nitrogens with one attached hydrogen (secondary N) is 1. The summed E-state index contributed by atoms with van der Waals surface area (Å²) in [6, 6.07) is 8.28. The van der Waals surface area contributed by atoms with Crippen LogP contribution in [0.15, 0.2) is 24.3 Å². The monoisotopic (exact) mass is 260 g/mol. The third-order valence-corrected chi connectivity index (χ3v) is 3.62. The second kappa shape index (κ2) is 5.59. The lowest BCUT2D eigenvalue weighted by molar-refractivity contribution is 0.0366. The normalized spacial score (nSPS) is 16.9. The summed E-state index contributed by atoms with van der Waals surface area (Å²) in [4.78, 5) is 7.05. The van der Waals surface area contributed by atoms with Crippen molar-refractivity contribution in [1.82, 2.24) is 14.5 Å². The minimum Gasteiger partial charge on any atom is -0.379 e. The summed E-state index contributed by atoms with van der Waals surface area (Å²) in [5.41, 5.74) is 2.24. The number of para-hydroxylation sites is 2. The zero-order chi connectivity index (χ0) is 13.1. The highest BCUT2D eigenvalue weighted by atomic mass is 16.5. The molecular formula is C14H20N4O. The summed E-state index contributed by atoms with van der Waals surface area (Å²) in [5.74, 6) is 0.939. The van der Waals surface area contributed by atoms with E-state index in [4.69, 9.17) is 4.74 Å². The lowest BCUT2D eigenvalue weighted by atomic mass is 10.3. The first kappa shape index (κ1) is 12.4. The Bertz CT molecular complexity index is 545. The lowest BCUT2D eigenvalue weighted by Gasteiger charge is -2.26. The Labute approximate surface area is 113 Å². The predicted octanol–water partition coefficient (Wildman–Crippen LogP) is 1.41. The molecule has 1 saturated heterocycles. The highest BCUT2D eigenvalue weighted by Gasteiger charge is 2.13. The Morgan fingerprint density at radius 1 is 1.21 bits per heavy atom. The first-order valence-electron chi connectivity index (χ1n) is 6.81. The molecule has 1 fully saturated rings. The molecule has 1 aliphatic heterocycles. The zero-order valence-electron chi connectivity index (χ0n) is 11.3. The molecule has 2 aromatic rings. The minimum atomic E-state index is 0.851. The molecule has 1 aliphatic rings. The Hall–Kier alpha value is -1.59. The molecule has 1 aromatic heterocycles. The molecule has 5 heteroatoms. The number of morpholine rings is 1. The van der Waals surface area contributed by atoms with Crippen LogP contribution in [0.1, 0.15) is 0 Å². The molecule has 102 valence electrons. The second-order valence-electron chi connectivity index (χ2n) is 4.78. The van der Waals surface area contributed by atoms with Gasteiger partial charge in [0.05, 0.1) is 24.2 Å². The van der Waals surface area contributed by atoms with Gasteiger partial charge in [0.15, 0.2) is 0 Å². The van der Waals surface area contributed by atoms with Crippen LogP contribution in [0.5, 0.6) is 0 Å². The fourth-order valence-electron chi connectivity index (χ4n) is 2.56. The summed E-state index contributed by atoms with van der Waals surface area (Å²) in [5, 5.41) is 3.18. The number of ether oxygens (including phenoxy) is 1. The maximum Gasteiger partial charge on any atom is 0.203 e. The molecule has 0 spiro atoms. The van der Waals surface area contributed by atoms with E-state index in [2.05, 4.69) is 38.0 Å². The largest absolute Gasteiger partial charge is 0.379 e. The molecule has 0 saturated carbocycles. The van der Waals surface area contributed by atoms with Gasteiger partial charge in [-0.15, -0.1) is 0 Å². The van der Waals surface area contributed by atoms with Crippen molar-refractivity contribution in [3.63, 3.8) is 0 Å². The number of hydrogen-bond donors (Lipinski definition) is 1. The molecule has 0 radical (unpaired) electrons. The smallest absolute Gasteiger partial charge is 0.203 e. The van der Waals surface area contributed by atoms with Crippen LogP contribution in [0.2, 0.25) is 0 Å². The van der Waals surface area contributed by atoms with E-state index in [9.17, 15) is 0 Å². The maximum absolute atomic E-state index is 5.38. The summed E-state index contributed by atoms with van der Waals surface area (Å²) in [6.07, 6.45) is 0. The van der Waals surface area contributed by atoms with Gasteiger partial charge in [-0.2, -0.15) is 0 Å². The van der Waals surface area contributed by atoms with Crippen molar-refractivity contribution in [2.75, 3.05) is 45.2 Å². The Balaban J connectivity index is 1.78. The minimum absolute atomic E-state index is 0.851. The Morgan fingerprint density at radius 3 is 2.79 bits per heavy atom. The van der Waals surface area contributed by atoms with Crippen LogP contribution >= 0.6 is 0 Å². The first-order chi connectivity index (χ1) is 9.38. The third-order valence-electron chi connectivity index (χ3n) is 3.62. The SMILES string of the molecule is CNc1nc2ccccc2n1CCN1CCOCC1. The topological polar surface area (TPSA) is 42.3 Å². The van der Waals surface area contributed by atoms with Crippen molar-refractivity contribution in [3.05, 3.63) is 24.3 Å². The summed E-state index contributed by atoms with van der Waals surface area (Å²) >= 11 is 0. The van der Waals surface area contributed by atoms with Crippen LogP contribution in [-0.4, -0.2) is 54.3 Å². The van der Waals surface area contributed by atoms with Crippen LogP contribution in [0.4, 0.5) is 5.95 Å². The van der Waals surface area contributed by atoms with Gasteiger partial charge in [0, 0.05) is 33.2 Å². The van der Waals surface area contributed by atoms with Crippen LogP contribution in [-0.2, 0) is 11.3 Å². The van der Waals surface area contributed by atoms with Crippen molar-refractivity contribution in [2.45, 2.75) is 6.54 Å². The highest BCUT2D eigenvalue weighted by molar-refractivity contribution is 5.78. The van der Waals surface area contributed by atoms with Crippen molar-refractivity contribution in [1.29, 1.82) is 0 Å². The van der Waals surface area contributed by atoms with Gasteiger partial charge >= 0.3 is 0 Å². The molecule has 2 heterocycles. The van der Waals surface area contributed by atoms with Crippen molar-refractivity contribution in [2.24, 2.45) is 0 Å². The van der Waals surface area contributed by atoms with Crippen LogP contribution < -0.4 is 5.32 Å². The molecule has 0 unspecified atom stereocenters. The molecule has 0 amide bonds. The predicted molar refractivity (Wildman–Crippen MR) is 76.5 cm³/mol. The fraction of sp³-hybridized carbons (Fsp3) is 0.500. The Kier molecular flexibility index (Phi) is 3.66. The van der Waals surface area contributed by atoms with Gasteiger partial charge in [-0.3, -0.25) is 4.90 Å². The standard InChI is InChI=1S/C14H20N4O/c1-15-14-16-12-4-2-3-5-13(12)18(14)7-6-17-8-10-19-11-9-17/h2-5H,6-11H2,1H3,(H,15,16). The Morgan fingerprint density at radius 2 is 2.00 bits per heavy atom. The number of rotatable bonds is 4. The van der Waals surface area contributed by atoms with Crippen molar-refractivity contribution < 1.29 is 4.74 Å². The molecule has 0 aliphatic carbocycles. The van der Waals surface area contributed by atoms with Gasteiger partial charge < -0.3 is 14.6 Å². The quantitative estimate of drug-likeness (QED) is 0.902. The molecular weight excluding hydrogens is 240 g/mol. The van der Waals surface area contributed by atoms with E-state index in [0.29, 0.717) is 0 Å². The average Bonchev–Trinajstić information content (AvgIpc) is 2.84. The second-order valence-corrected chi connectivity index (χ2v) is 4.78. The van der Waals surface area contributed by atoms with Crippen LogP contribution in [0.3, 0.4) is 0 Å². The molecule has 1 N–H and O–H groups in total. The number of benzene rings is 1. The van der Waals surface area contributed by atoms with Crippen molar-refractivity contribution >= 4 is 17.0 Å². The van der Waals surface area contributed by atoms with E-state index in [0.717, 1.165) is 50.9 Å². The zero-order valence-corrected chi connectivity index (χ0v) is 11.3. The summed E-state index contributed by atoms with van der Waals surface area (Å²) < 4.78 is 7.63. The van der Waals surface area contributed by atoms with Gasteiger partial charge in [0.1, 0.15) is 0 Å². The van der Waals surface area contributed by atoms with Crippen molar-refractivity contribution in [3.8, 4) is 0 Å². The highest BCUT2D eigenvalue weighted by Crippen LogP contribution is 2.19. The molecule has 0 atom stereocenters. The van der Waals surface area contributed by atoms with Gasteiger partial charge in [-0.05, 0) is 12.1 Å². The molecule has 3 rings (SSSR count). The molecule has 0 bridgehead atoms. The molecule has 19 heavy (non-hydrogen) atoms. The van der Waals surface area contributed by atoms with Gasteiger partial charge in [0.2, 0.25) is 5.95 Å². The number of imidazole rings is 1. The lowest BCUT2D eigenvalue weighted by Crippen LogP contribution is -2.38. The fourth-order valence-corrected chi connectivity index (χ4v) is 2.56. The number of anilines is 1. The van der Waals surface area contributed by atoms with E-state index < -0.39 is 0 Å². The summed E-state index contributed by atoms with van der Waals surface area (Å²) in [6.45, 7) is 5.76. The van der Waals surface area contributed by atoms with Gasteiger partial charge in [0.25, 0.3) is 0 Å². The molecule has 5 nitrogen and oxygen atoms in total. The van der Waals surface area contributed by atoms with Gasteiger partial charge in [-0.25, -0.2) is 4.98 Å². The number of aromatic nitrogens is 2. The van der Waals surface area contributed by atoms with E-state index >= 15 is 0 Å². The van der Waals surface area contributed by atoms with E-state index in [-0.39, 0.29) is 0 Å². The number of fused-ring (bicyclic) bond motifs is 1.